The molecule has 3 aliphatic carbocycles. The molecule has 2 bridgehead atoms. The van der Waals surface area contributed by atoms with Crippen LogP contribution in [-0.2, 0) is 16.0 Å². The highest BCUT2D eigenvalue weighted by atomic mass is 16.4. The van der Waals surface area contributed by atoms with Gasteiger partial charge in [0, 0.05) is 6.54 Å². The number of fused-ring (bicyclic) bond motifs is 2. The van der Waals surface area contributed by atoms with Crippen LogP contribution in [0.1, 0.15) is 24.8 Å². The maximum absolute atomic E-state index is 12.5. The first-order valence-electron chi connectivity index (χ1n) is 8.39. The van der Waals surface area contributed by atoms with Crippen molar-refractivity contribution in [3.8, 4) is 0 Å². The van der Waals surface area contributed by atoms with E-state index in [0.717, 1.165) is 25.7 Å². The summed E-state index contributed by atoms with van der Waals surface area (Å²) in [4.78, 5) is 24.1. The molecule has 1 fully saturated rings. The Labute approximate surface area is 136 Å². The van der Waals surface area contributed by atoms with Crippen molar-refractivity contribution in [1.82, 2.24) is 5.32 Å². The van der Waals surface area contributed by atoms with Crippen molar-refractivity contribution in [2.45, 2.75) is 25.7 Å². The van der Waals surface area contributed by atoms with Crippen molar-refractivity contribution < 1.29 is 14.7 Å². The van der Waals surface area contributed by atoms with Crippen LogP contribution in [0.2, 0.25) is 0 Å². The number of carboxylic acid groups (broad SMARTS) is 1. The minimum atomic E-state index is -0.839. The van der Waals surface area contributed by atoms with E-state index in [2.05, 4.69) is 17.4 Å². The first-order valence-corrected chi connectivity index (χ1v) is 8.39. The molecule has 0 unspecified atom stereocenters. The number of carbonyl (C=O) groups is 2. The van der Waals surface area contributed by atoms with Gasteiger partial charge in [0.2, 0.25) is 5.91 Å². The number of hydrogen-bond acceptors (Lipinski definition) is 2. The van der Waals surface area contributed by atoms with E-state index in [0.29, 0.717) is 6.54 Å². The van der Waals surface area contributed by atoms with E-state index in [1.165, 1.54) is 5.56 Å². The van der Waals surface area contributed by atoms with Crippen molar-refractivity contribution in [2.24, 2.45) is 23.7 Å². The molecule has 0 aliphatic heterocycles. The number of hydrogen-bond donors (Lipinski definition) is 2. The van der Waals surface area contributed by atoms with Crippen LogP contribution >= 0.6 is 0 Å². The molecule has 1 saturated carbocycles. The molecule has 0 aromatic heterocycles. The van der Waals surface area contributed by atoms with Crippen LogP contribution in [0.4, 0.5) is 0 Å². The number of carboxylic acids is 1. The number of rotatable bonds is 6. The second kappa shape index (κ2) is 6.99. The number of benzene rings is 1. The van der Waals surface area contributed by atoms with Gasteiger partial charge in [-0.2, -0.15) is 0 Å². The van der Waals surface area contributed by atoms with Gasteiger partial charge in [-0.1, -0.05) is 42.5 Å². The monoisotopic (exact) mass is 313 g/mol. The fourth-order valence-corrected chi connectivity index (χ4v) is 3.95. The van der Waals surface area contributed by atoms with Crippen LogP contribution in [0.5, 0.6) is 0 Å². The van der Waals surface area contributed by atoms with E-state index in [9.17, 15) is 14.7 Å². The summed E-state index contributed by atoms with van der Waals surface area (Å²) in [5.41, 5.74) is 1.25. The van der Waals surface area contributed by atoms with Crippen molar-refractivity contribution >= 4 is 11.9 Å². The highest BCUT2D eigenvalue weighted by Gasteiger charge is 2.47. The lowest BCUT2D eigenvalue weighted by Gasteiger charge is -2.41. The molecule has 122 valence electrons. The highest BCUT2D eigenvalue weighted by molar-refractivity contribution is 5.86. The summed E-state index contributed by atoms with van der Waals surface area (Å²) in [6, 6.07) is 10.2. The lowest BCUT2D eigenvalue weighted by Crippen LogP contribution is -2.49. The Morgan fingerprint density at radius 3 is 2.30 bits per heavy atom. The minimum Gasteiger partial charge on any atom is -0.481 e. The van der Waals surface area contributed by atoms with Crippen LogP contribution < -0.4 is 5.32 Å². The number of aliphatic carboxylic acids is 1. The summed E-state index contributed by atoms with van der Waals surface area (Å²) in [5.74, 6) is -1.81. The molecule has 0 heterocycles. The third kappa shape index (κ3) is 3.46. The Kier molecular flexibility index (Phi) is 4.79. The summed E-state index contributed by atoms with van der Waals surface area (Å²) in [6.45, 7) is 0.595. The van der Waals surface area contributed by atoms with E-state index in [4.69, 9.17) is 0 Å². The van der Waals surface area contributed by atoms with E-state index in [-0.39, 0.29) is 17.7 Å². The molecule has 23 heavy (non-hydrogen) atoms. The Morgan fingerprint density at radius 2 is 1.70 bits per heavy atom. The number of aryl methyl sites for hydroxylation is 1. The summed E-state index contributed by atoms with van der Waals surface area (Å²) in [7, 11) is 0. The maximum atomic E-state index is 12.5. The minimum absolute atomic E-state index is 0.0116. The van der Waals surface area contributed by atoms with Crippen molar-refractivity contribution in [3.63, 3.8) is 0 Å². The lowest BCUT2D eigenvalue weighted by atomic mass is 9.62. The zero-order chi connectivity index (χ0) is 16.2. The van der Waals surface area contributed by atoms with Crippen molar-refractivity contribution in [2.75, 3.05) is 6.54 Å². The summed E-state index contributed by atoms with van der Waals surface area (Å²) >= 11 is 0. The molecular formula is C19H23NO3. The third-order valence-corrected chi connectivity index (χ3v) is 5.12. The number of allylic oxidation sites excluding steroid dienone is 2. The average Bonchev–Trinajstić information content (AvgIpc) is 2.59. The summed E-state index contributed by atoms with van der Waals surface area (Å²) in [6.07, 6.45) is 7.63. The molecule has 4 rings (SSSR count). The van der Waals surface area contributed by atoms with Gasteiger partial charge in [0.25, 0.3) is 0 Å². The van der Waals surface area contributed by atoms with Gasteiger partial charge in [0.05, 0.1) is 11.8 Å². The fraction of sp³-hybridized carbons (Fsp3) is 0.474. The van der Waals surface area contributed by atoms with Crippen LogP contribution in [0, 0.1) is 23.7 Å². The smallest absolute Gasteiger partial charge is 0.307 e. The van der Waals surface area contributed by atoms with Gasteiger partial charge in [-0.3, -0.25) is 9.59 Å². The van der Waals surface area contributed by atoms with E-state index < -0.39 is 17.8 Å². The van der Waals surface area contributed by atoms with Crippen molar-refractivity contribution in [1.29, 1.82) is 0 Å². The van der Waals surface area contributed by atoms with Crippen molar-refractivity contribution in [3.05, 3.63) is 48.0 Å². The predicted molar refractivity (Wildman–Crippen MR) is 87.7 cm³/mol. The average molecular weight is 313 g/mol. The van der Waals surface area contributed by atoms with Gasteiger partial charge in [-0.15, -0.1) is 0 Å². The normalized spacial score (nSPS) is 28.5. The second-order valence-corrected chi connectivity index (χ2v) is 6.56. The quantitative estimate of drug-likeness (QED) is 0.627. The second-order valence-electron chi connectivity index (χ2n) is 6.56. The van der Waals surface area contributed by atoms with Crippen LogP contribution in [0.3, 0.4) is 0 Å². The van der Waals surface area contributed by atoms with Crippen LogP contribution in [-0.4, -0.2) is 23.5 Å². The maximum Gasteiger partial charge on any atom is 0.307 e. The topological polar surface area (TPSA) is 66.4 Å². The Morgan fingerprint density at radius 1 is 1.04 bits per heavy atom. The SMILES string of the molecule is O=C(O)[C@@H]1[C@H](C(=O)NCCCc2ccccc2)[C@@H]2C=C[C@H]1CC2. The standard InChI is InChI=1S/C19H23NO3/c21-18(20-12-4-7-13-5-2-1-3-6-13)16-14-8-10-15(11-9-14)17(16)19(22)23/h1-3,5-6,8,10,14-17H,4,7,9,11-12H2,(H,20,21)(H,22,23)/t14-,15+,16-,17+/m1/s1. The molecule has 1 amide bonds. The molecule has 0 saturated heterocycles. The van der Waals surface area contributed by atoms with Gasteiger partial charge in [-0.05, 0) is 43.1 Å². The van der Waals surface area contributed by atoms with Crippen LogP contribution in [0.25, 0.3) is 0 Å². The van der Waals surface area contributed by atoms with E-state index in [1.807, 2.05) is 30.4 Å². The van der Waals surface area contributed by atoms with Gasteiger partial charge < -0.3 is 10.4 Å². The number of amides is 1. The Hall–Kier alpha value is -2.10. The van der Waals surface area contributed by atoms with Gasteiger partial charge in [0.1, 0.15) is 0 Å². The lowest BCUT2D eigenvalue weighted by molar-refractivity contribution is -0.152. The Bertz CT molecular complexity index is 596. The molecule has 0 radical (unpaired) electrons. The zero-order valence-corrected chi connectivity index (χ0v) is 13.2. The van der Waals surface area contributed by atoms with Gasteiger partial charge >= 0.3 is 5.97 Å². The molecule has 0 spiro atoms. The molecule has 3 aliphatic rings. The predicted octanol–water partition coefficient (Wildman–Crippen LogP) is 2.65. The molecule has 4 atom stereocenters. The molecule has 4 heteroatoms. The first-order chi connectivity index (χ1) is 11.2. The highest BCUT2D eigenvalue weighted by Crippen LogP contribution is 2.45. The van der Waals surface area contributed by atoms with E-state index >= 15 is 0 Å². The molecule has 2 N–H and O–H groups in total. The number of carbonyl (C=O) groups excluding carboxylic acids is 1. The molecule has 1 aromatic carbocycles. The zero-order valence-electron chi connectivity index (χ0n) is 13.2. The van der Waals surface area contributed by atoms with E-state index in [1.54, 1.807) is 0 Å². The summed E-state index contributed by atoms with van der Waals surface area (Å²) in [5, 5.41) is 12.4. The van der Waals surface area contributed by atoms with Gasteiger partial charge in [-0.25, -0.2) is 0 Å². The Balaban J connectivity index is 1.53. The first kappa shape index (κ1) is 15.8. The number of nitrogens with one attached hydrogen (secondary N) is 1. The fourth-order valence-electron chi connectivity index (χ4n) is 3.95. The van der Waals surface area contributed by atoms with Gasteiger partial charge in [0.15, 0.2) is 0 Å². The largest absolute Gasteiger partial charge is 0.481 e. The molecule has 1 aromatic rings. The molecule has 4 nitrogen and oxygen atoms in total. The van der Waals surface area contributed by atoms with Crippen LogP contribution in [0.15, 0.2) is 42.5 Å². The summed E-state index contributed by atoms with van der Waals surface area (Å²) < 4.78 is 0. The third-order valence-electron chi connectivity index (χ3n) is 5.12. The molecular weight excluding hydrogens is 290 g/mol.